The van der Waals surface area contributed by atoms with E-state index in [0.717, 1.165) is 36.7 Å². The molecule has 0 saturated heterocycles. The number of aromatic nitrogens is 3. The smallest absolute Gasteiger partial charge is 0.191 e. The van der Waals surface area contributed by atoms with Gasteiger partial charge < -0.3 is 10.6 Å². The molecule has 7 heteroatoms. The van der Waals surface area contributed by atoms with Gasteiger partial charge in [-0.3, -0.25) is 0 Å². The quantitative estimate of drug-likeness (QED) is 0.497. The Morgan fingerprint density at radius 2 is 1.88 bits per heavy atom. The zero-order chi connectivity index (χ0) is 18.2. The number of hydrogen-bond donors (Lipinski definition) is 2. The average Bonchev–Trinajstić information content (AvgIpc) is 3.36. The fourth-order valence-corrected chi connectivity index (χ4v) is 3.38. The SMILES string of the molecule is CCNC(=NCc1ccc(-n2cncn2)cc1)NCc1ccc(CC)s1. The number of aliphatic imine (C=N–C) groups is 1. The molecule has 0 radical (unpaired) electrons. The molecule has 0 bridgehead atoms. The van der Waals surface area contributed by atoms with Gasteiger partial charge in [-0.05, 0) is 43.2 Å². The summed E-state index contributed by atoms with van der Waals surface area (Å²) < 4.78 is 1.74. The van der Waals surface area contributed by atoms with Crippen molar-refractivity contribution in [3.8, 4) is 5.69 Å². The van der Waals surface area contributed by atoms with E-state index < -0.39 is 0 Å². The van der Waals surface area contributed by atoms with E-state index in [1.807, 2.05) is 23.5 Å². The zero-order valence-corrected chi connectivity index (χ0v) is 16.0. The average molecular weight is 369 g/mol. The molecule has 6 nitrogen and oxygen atoms in total. The van der Waals surface area contributed by atoms with Crippen LogP contribution in [-0.2, 0) is 19.5 Å². The van der Waals surface area contributed by atoms with E-state index in [2.05, 4.69) is 63.8 Å². The molecule has 26 heavy (non-hydrogen) atoms. The highest BCUT2D eigenvalue weighted by Crippen LogP contribution is 2.16. The lowest BCUT2D eigenvalue weighted by Crippen LogP contribution is -2.36. The van der Waals surface area contributed by atoms with Gasteiger partial charge in [-0.1, -0.05) is 19.1 Å². The third kappa shape index (κ3) is 4.92. The molecule has 0 amide bonds. The number of nitrogens with zero attached hydrogens (tertiary/aromatic N) is 4. The highest BCUT2D eigenvalue weighted by molar-refractivity contribution is 7.11. The first-order chi connectivity index (χ1) is 12.8. The van der Waals surface area contributed by atoms with Crippen molar-refractivity contribution in [1.82, 2.24) is 25.4 Å². The Labute approximate surface area is 158 Å². The maximum atomic E-state index is 4.68. The van der Waals surface area contributed by atoms with Gasteiger partial charge in [-0.15, -0.1) is 11.3 Å². The summed E-state index contributed by atoms with van der Waals surface area (Å²) in [5, 5.41) is 10.8. The number of nitrogens with one attached hydrogen (secondary N) is 2. The van der Waals surface area contributed by atoms with E-state index in [9.17, 15) is 0 Å². The van der Waals surface area contributed by atoms with Crippen molar-refractivity contribution < 1.29 is 0 Å². The van der Waals surface area contributed by atoms with Crippen LogP contribution in [0, 0.1) is 0 Å². The van der Waals surface area contributed by atoms with Crippen molar-refractivity contribution in [1.29, 1.82) is 0 Å². The van der Waals surface area contributed by atoms with E-state index in [1.54, 1.807) is 11.0 Å². The molecule has 3 rings (SSSR count). The van der Waals surface area contributed by atoms with Crippen molar-refractivity contribution in [2.75, 3.05) is 6.54 Å². The highest BCUT2D eigenvalue weighted by Gasteiger charge is 2.02. The first kappa shape index (κ1) is 18.1. The Bertz CT molecular complexity index is 820. The van der Waals surface area contributed by atoms with Gasteiger partial charge in [0.25, 0.3) is 0 Å². The van der Waals surface area contributed by atoms with Crippen molar-refractivity contribution in [3.05, 3.63) is 64.4 Å². The molecule has 2 N–H and O–H groups in total. The molecule has 0 saturated carbocycles. The summed E-state index contributed by atoms with van der Waals surface area (Å²) in [6, 6.07) is 12.6. The Morgan fingerprint density at radius 3 is 2.54 bits per heavy atom. The van der Waals surface area contributed by atoms with Gasteiger partial charge in [0.2, 0.25) is 0 Å². The van der Waals surface area contributed by atoms with E-state index >= 15 is 0 Å². The Kier molecular flexibility index (Phi) is 6.38. The lowest BCUT2D eigenvalue weighted by atomic mass is 10.2. The first-order valence-electron chi connectivity index (χ1n) is 8.82. The third-order valence-corrected chi connectivity index (χ3v) is 5.11. The molecule has 0 aliphatic carbocycles. The molecule has 0 spiro atoms. The summed E-state index contributed by atoms with van der Waals surface area (Å²) in [7, 11) is 0. The normalized spacial score (nSPS) is 11.5. The van der Waals surface area contributed by atoms with Crippen LogP contribution in [0.5, 0.6) is 0 Å². The van der Waals surface area contributed by atoms with Crippen molar-refractivity contribution >= 4 is 17.3 Å². The summed E-state index contributed by atoms with van der Waals surface area (Å²) in [5.74, 6) is 0.833. The van der Waals surface area contributed by atoms with Gasteiger partial charge in [-0.2, -0.15) is 5.10 Å². The van der Waals surface area contributed by atoms with Gasteiger partial charge in [0.1, 0.15) is 12.7 Å². The van der Waals surface area contributed by atoms with Crippen LogP contribution in [0.2, 0.25) is 0 Å². The van der Waals surface area contributed by atoms with Gasteiger partial charge >= 0.3 is 0 Å². The van der Waals surface area contributed by atoms with Crippen LogP contribution in [0.1, 0.15) is 29.2 Å². The van der Waals surface area contributed by atoms with Gasteiger partial charge in [-0.25, -0.2) is 14.7 Å². The summed E-state index contributed by atoms with van der Waals surface area (Å²) in [5.41, 5.74) is 2.14. The highest BCUT2D eigenvalue weighted by atomic mass is 32.1. The summed E-state index contributed by atoms with van der Waals surface area (Å²) >= 11 is 1.85. The van der Waals surface area contributed by atoms with E-state index in [4.69, 9.17) is 0 Å². The van der Waals surface area contributed by atoms with Gasteiger partial charge in [0.15, 0.2) is 5.96 Å². The summed E-state index contributed by atoms with van der Waals surface area (Å²) in [6.07, 6.45) is 4.31. The maximum absolute atomic E-state index is 4.68. The molecule has 136 valence electrons. The van der Waals surface area contributed by atoms with Crippen molar-refractivity contribution in [3.63, 3.8) is 0 Å². The fourth-order valence-electron chi connectivity index (χ4n) is 2.49. The van der Waals surface area contributed by atoms with Crippen LogP contribution in [0.3, 0.4) is 0 Å². The first-order valence-corrected chi connectivity index (χ1v) is 9.64. The Morgan fingerprint density at radius 1 is 1.08 bits per heavy atom. The minimum atomic E-state index is 0.623. The number of rotatable bonds is 7. The lowest BCUT2D eigenvalue weighted by Gasteiger charge is -2.10. The molecule has 2 aromatic heterocycles. The summed E-state index contributed by atoms with van der Waals surface area (Å²) in [6.45, 7) is 6.51. The van der Waals surface area contributed by atoms with Crippen LogP contribution in [0.15, 0.2) is 54.0 Å². The molecule has 1 aromatic carbocycles. The Hall–Kier alpha value is -2.67. The van der Waals surface area contributed by atoms with Crippen molar-refractivity contribution in [2.45, 2.75) is 33.4 Å². The molecular formula is C19H24N6S. The molecule has 3 aromatic rings. The monoisotopic (exact) mass is 368 g/mol. The second-order valence-electron chi connectivity index (χ2n) is 5.78. The minimum Gasteiger partial charge on any atom is -0.357 e. The maximum Gasteiger partial charge on any atom is 0.191 e. The number of aryl methyl sites for hydroxylation is 1. The minimum absolute atomic E-state index is 0.623. The topological polar surface area (TPSA) is 67.1 Å². The molecule has 0 unspecified atom stereocenters. The predicted molar refractivity (Wildman–Crippen MR) is 107 cm³/mol. The van der Waals surface area contributed by atoms with Crippen molar-refractivity contribution in [2.24, 2.45) is 4.99 Å². The fraction of sp³-hybridized carbons (Fsp3) is 0.316. The molecular weight excluding hydrogens is 344 g/mol. The standard InChI is InChI=1S/C19H24N6S/c1-3-17-9-10-18(26-17)12-23-19(21-4-2)22-11-15-5-7-16(8-6-15)25-14-20-13-24-25/h5-10,13-14H,3-4,11-12H2,1-2H3,(H2,21,22,23). The van der Waals surface area contributed by atoms with E-state index in [-0.39, 0.29) is 0 Å². The number of thiophene rings is 1. The second kappa shape index (κ2) is 9.15. The van der Waals surface area contributed by atoms with Gasteiger partial charge in [0, 0.05) is 16.3 Å². The van der Waals surface area contributed by atoms with Crippen LogP contribution in [0.4, 0.5) is 0 Å². The van der Waals surface area contributed by atoms with Crippen LogP contribution in [-0.4, -0.2) is 27.3 Å². The molecule has 0 aliphatic rings. The molecule has 0 atom stereocenters. The summed E-state index contributed by atoms with van der Waals surface area (Å²) in [4.78, 5) is 11.4. The number of benzene rings is 1. The van der Waals surface area contributed by atoms with Gasteiger partial charge in [0.05, 0.1) is 18.8 Å². The van der Waals surface area contributed by atoms with Crippen LogP contribution < -0.4 is 10.6 Å². The lowest BCUT2D eigenvalue weighted by molar-refractivity contribution is 0.823. The third-order valence-electron chi connectivity index (χ3n) is 3.88. The van der Waals surface area contributed by atoms with Crippen LogP contribution in [0.25, 0.3) is 5.69 Å². The zero-order valence-electron chi connectivity index (χ0n) is 15.1. The second-order valence-corrected chi connectivity index (χ2v) is 7.03. The molecule has 0 fully saturated rings. The molecule has 0 aliphatic heterocycles. The van der Waals surface area contributed by atoms with E-state index in [1.165, 1.54) is 16.1 Å². The Balaban J connectivity index is 1.59. The largest absolute Gasteiger partial charge is 0.357 e. The number of guanidine groups is 1. The predicted octanol–water partition coefficient (Wildman–Crippen LogP) is 3.15. The number of hydrogen-bond acceptors (Lipinski definition) is 4. The van der Waals surface area contributed by atoms with E-state index in [0.29, 0.717) is 6.54 Å². The molecule has 2 heterocycles. The van der Waals surface area contributed by atoms with Crippen LogP contribution >= 0.6 is 11.3 Å².